The summed E-state index contributed by atoms with van der Waals surface area (Å²) in [6.07, 6.45) is -0.122. The van der Waals surface area contributed by atoms with Crippen molar-refractivity contribution in [2.75, 3.05) is 7.05 Å². The van der Waals surface area contributed by atoms with Crippen LogP contribution < -0.4 is 5.32 Å². The number of aliphatic hydroxyl groups excluding tert-OH is 1. The smallest absolute Gasteiger partial charge is 0.253 e. The molecule has 0 saturated heterocycles. The Morgan fingerprint density at radius 2 is 2.10 bits per heavy atom. The number of aliphatic imine (C=N–C) groups is 1. The first kappa shape index (κ1) is 14.1. The number of halogens is 1. The van der Waals surface area contributed by atoms with Crippen LogP contribution in [0.1, 0.15) is 5.56 Å². The molecule has 0 spiro atoms. The van der Waals surface area contributed by atoms with Gasteiger partial charge in [-0.05, 0) is 17.7 Å². The quantitative estimate of drug-likeness (QED) is 0.742. The van der Waals surface area contributed by atoms with Crippen LogP contribution in [-0.4, -0.2) is 47.4 Å². The summed E-state index contributed by atoms with van der Waals surface area (Å²) in [5, 5.41) is 12.1. The van der Waals surface area contributed by atoms with E-state index in [1.165, 1.54) is 42.6 Å². The van der Waals surface area contributed by atoms with Crippen molar-refractivity contribution in [1.29, 1.82) is 0 Å². The number of carbonyl (C=O) groups is 2. The molecule has 2 N–H and O–H groups in total. The van der Waals surface area contributed by atoms with Crippen molar-refractivity contribution in [1.82, 2.24) is 10.2 Å². The van der Waals surface area contributed by atoms with Crippen molar-refractivity contribution >= 4 is 18.0 Å². The predicted molar refractivity (Wildman–Crippen MR) is 69.3 cm³/mol. The van der Waals surface area contributed by atoms with Crippen LogP contribution in [0, 0.1) is 5.82 Å². The van der Waals surface area contributed by atoms with E-state index in [9.17, 15) is 19.1 Å². The van der Waals surface area contributed by atoms with E-state index in [4.69, 9.17) is 0 Å². The molecule has 0 radical (unpaired) electrons. The van der Waals surface area contributed by atoms with Gasteiger partial charge in [-0.25, -0.2) is 4.39 Å². The van der Waals surface area contributed by atoms with Crippen LogP contribution >= 0.6 is 0 Å². The summed E-state index contributed by atoms with van der Waals surface area (Å²) in [6, 6.07) is 4.38. The number of rotatable bonds is 3. The van der Waals surface area contributed by atoms with E-state index < -0.39 is 24.0 Å². The number of nitrogens with zero attached hydrogens (tertiary/aromatic N) is 2. The second kappa shape index (κ2) is 5.79. The normalized spacial score (nSPS) is 21.9. The molecule has 7 heteroatoms. The molecule has 106 valence electrons. The molecule has 1 aromatic rings. The molecule has 0 aromatic heterocycles. The van der Waals surface area contributed by atoms with E-state index in [0.717, 1.165) is 0 Å². The largest absolute Gasteiger partial charge is 0.367 e. The Bertz CT molecular complexity index is 544. The molecule has 1 amide bonds. The predicted octanol–water partition coefficient (Wildman–Crippen LogP) is -0.328. The number of hydrogen-bond acceptors (Lipinski definition) is 5. The third-order valence-electron chi connectivity index (χ3n) is 2.94. The summed E-state index contributed by atoms with van der Waals surface area (Å²) in [5.74, 6) is -1.63. The van der Waals surface area contributed by atoms with Gasteiger partial charge in [0, 0.05) is 13.6 Å². The van der Waals surface area contributed by atoms with Crippen LogP contribution in [0.25, 0.3) is 0 Å². The monoisotopic (exact) mass is 279 g/mol. The molecule has 1 heterocycles. The van der Waals surface area contributed by atoms with Gasteiger partial charge < -0.3 is 15.3 Å². The van der Waals surface area contributed by atoms with Crippen molar-refractivity contribution < 1.29 is 19.1 Å². The van der Waals surface area contributed by atoms with Crippen molar-refractivity contribution in [2.45, 2.75) is 18.8 Å². The molecule has 0 saturated carbocycles. The summed E-state index contributed by atoms with van der Waals surface area (Å²) in [7, 11) is 1.48. The molecule has 2 rings (SSSR count). The van der Waals surface area contributed by atoms with Gasteiger partial charge in [0.2, 0.25) is 5.78 Å². The Morgan fingerprint density at radius 1 is 1.45 bits per heavy atom. The lowest BCUT2D eigenvalue weighted by molar-refractivity contribution is -0.140. The molecule has 2 unspecified atom stereocenters. The van der Waals surface area contributed by atoms with E-state index in [-0.39, 0.29) is 12.4 Å². The van der Waals surface area contributed by atoms with E-state index in [1.807, 2.05) is 0 Å². The lowest BCUT2D eigenvalue weighted by atomic mass is 10.1. The first-order chi connectivity index (χ1) is 9.49. The van der Waals surface area contributed by atoms with Gasteiger partial charge in [-0.2, -0.15) is 0 Å². The third-order valence-corrected chi connectivity index (χ3v) is 2.94. The fourth-order valence-electron chi connectivity index (χ4n) is 1.74. The zero-order chi connectivity index (χ0) is 14.7. The minimum Gasteiger partial charge on any atom is -0.367 e. The van der Waals surface area contributed by atoms with Crippen molar-refractivity contribution in [3.8, 4) is 0 Å². The van der Waals surface area contributed by atoms with Gasteiger partial charge in [-0.1, -0.05) is 12.1 Å². The average Bonchev–Trinajstić information content (AvgIpc) is 2.44. The highest BCUT2D eigenvalue weighted by atomic mass is 19.1. The first-order valence-corrected chi connectivity index (χ1v) is 5.98. The summed E-state index contributed by atoms with van der Waals surface area (Å²) in [5.41, 5.74) is 0.699. The number of likely N-dealkylation sites (N-methyl/N-ethyl adjacent to an activating group) is 1. The SMILES string of the molecule is CN1C=NC(C(=O)NCc2ccc(F)cc2)C(=O)C1O. The number of amides is 1. The Balaban J connectivity index is 1.97. The summed E-state index contributed by atoms with van der Waals surface area (Å²) < 4.78 is 12.7. The fraction of sp³-hybridized carbons (Fsp3) is 0.308. The molecule has 0 bridgehead atoms. The molecule has 0 fully saturated rings. The Morgan fingerprint density at radius 3 is 2.75 bits per heavy atom. The number of ketones is 1. The van der Waals surface area contributed by atoms with E-state index in [2.05, 4.69) is 10.3 Å². The topological polar surface area (TPSA) is 82.0 Å². The summed E-state index contributed by atoms with van der Waals surface area (Å²) in [4.78, 5) is 28.6. The van der Waals surface area contributed by atoms with Gasteiger partial charge in [0.05, 0.1) is 6.34 Å². The Kier molecular flexibility index (Phi) is 4.09. The highest BCUT2D eigenvalue weighted by Gasteiger charge is 2.35. The zero-order valence-corrected chi connectivity index (χ0v) is 10.8. The average molecular weight is 279 g/mol. The van der Waals surface area contributed by atoms with Gasteiger partial charge in [0.1, 0.15) is 5.82 Å². The second-order valence-corrected chi connectivity index (χ2v) is 4.45. The third kappa shape index (κ3) is 3.00. The standard InChI is InChI=1S/C13H14FN3O3/c1-17-7-16-10(11(18)13(17)20)12(19)15-6-8-2-4-9(14)5-3-8/h2-5,7,10,13,20H,6H2,1H3,(H,15,19). The van der Waals surface area contributed by atoms with Crippen LogP contribution in [0.2, 0.25) is 0 Å². The van der Waals surface area contributed by atoms with Gasteiger partial charge in [-0.15, -0.1) is 0 Å². The first-order valence-electron chi connectivity index (χ1n) is 5.98. The number of Topliss-reactive ketones (excluding diaryl/α,β-unsaturated/α-hetero) is 1. The number of hydrogen-bond donors (Lipinski definition) is 2. The van der Waals surface area contributed by atoms with E-state index in [0.29, 0.717) is 5.56 Å². The number of nitrogens with one attached hydrogen (secondary N) is 1. The number of carbonyl (C=O) groups excluding carboxylic acids is 2. The molecular formula is C13H14FN3O3. The maximum absolute atomic E-state index is 12.7. The summed E-state index contributed by atoms with van der Waals surface area (Å²) >= 11 is 0. The lowest BCUT2D eigenvalue weighted by Crippen LogP contribution is -2.51. The maximum atomic E-state index is 12.7. The van der Waals surface area contributed by atoms with Crippen LogP contribution in [0.3, 0.4) is 0 Å². The van der Waals surface area contributed by atoms with E-state index >= 15 is 0 Å². The molecule has 6 nitrogen and oxygen atoms in total. The Labute approximate surface area is 114 Å². The number of benzene rings is 1. The van der Waals surface area contributed by atoms with E-state index in [1.54, 1.807) is 0 Å². The lowest BCUT2D eigenvalue weighted by Gasteiger charge is -2.26. The van der Waals surface area contributed by atoms with Gasteiger partial charge >= 0.3 is 0 Å². The number of aliphatic hydroxyl groups is 1. The summed E-state index contributed by atoms with van der Waals surface area (Å²) in [6.45, 7) is 0.157. The zero-order valence-electron chi connectivity index (χ0n) is 10.8. The molecule has 0 aliphatic carbocycles. The van der Waals surface area contributed by atoms with Crippen molar-refractivity contribution in [2.24, 2.45) is 4.99 Å². The highest BCUT2D eigenvalue weighted by Crippen LogP contribution is 2.08. The van der Waals surface area contributed by atoms with Crippen LogP contribution in [0.15, 0.2) is 29.3 Å². The van der Waals surface area contributed by atoms with Crippen LogP contribution in [0.5, 0.6) is 0 Å². The van der Waals surface area contributed by atoms with Crippen molar-refractivity contribution in [3.05, 3.63) is 35.6 Å². The molecule has 20 heavy (non-hydrogen) atoms. The van der Waals surface area contributed by atoms with Gasteiger partial charge in [-0.3, -0.25) is 14.6 Å². The van der Waals surface area contributed by atoms with Crippen LogP contribution in [0.4, 0.5) is 4.39 Å². The minimum atomic E-state index is -1.37. The molecule has 1 aromatic carbocycles. The molecule has 2 atom stereocenters. The van der Waals surface area contributed by atoms with Crippen LogP contribution in [-0.2, 0) is 16.1 Å². The molecule has 1 aliphatic heterocycles. The maximum Gasteiger partial charge on any atom is 0.253 e. The van der Waals surface area contributed by atoms with Gasteiger partial charge in [0.15, 0.2) is 12.3 Å². The molecule has 1 aliphatic rings. The Hall–Kier alpha value is -2.28. The second-order valence-electron chi connectivity index (χ2n) is 4.45. The van der Waals surface area contributed by atoms with Gasteiger partial charge in [0.25, 0.3) is 5.91 Å². The molecular weight excluding hydrogens is 265 g/mol. The van der Waals surface area contributed by atoms with Crippen molar-refractivity contribution in [3.63, 3.8) is 0 Å². The minimum absolute atomic E-state index is 0.157. The fourth-order valence-corrected chi connectivity index (χ4v) is 1.74. The highest BCUT2D eigenvalue weighted by molar-refractivity contribution is 6.09.